The van der Waals surface area contributed by atoms with Crippen molar-refractivity contribution in [1.29, 1.82) is 0 Å². The van der Waals surface area contributed by atoms with E-state index in [-0.39, 0.29) is 5.91 Å². The van der Waals surface area contributed by atoms with E-state index in [9.17, 15) is 4.79 Å². The summed E-state index contributed by atoms with van der Waals surface area (Å²) >= 11 is 0. The Bertz CT molecular complexity index is 1360. The van der Waals surface area contributed by atoms with E-state index in [1.165, 1.54) is 16.6 Å². The molecule has 0 saturated heterocycles. The predicted molar refractivity (Wildman–Crippen MR) is 158 cm³/mol. The van der Waals surface area contributed by atoms with Crippen LogP contribution in [-0.2, 0) is 13.0 Å². The van der Waals surface area contributed by atoms with Crippen molar-refractivity contribution >= 4 is 16.9 Å². The van der Waals surface area contributed by atoms with Crippen molar-refractivity contribution in [3.8, 4) is 11.5 Å². The maximum Gasteiger partial charge on any atom is 0.251 e. The number of nitrogens with one attached hydrogen (secondary N) is 1. The highest BCUT2D eigenvalue weighted by molar-refractivity contribution is 5.94. The van der Waals surface area contributed by atoms with Crippen LogP contribution in [0.15, 0.2) is 66.7 Å². The topological polar surface area (TPSA) is 65.4 Å². The first kappa shape index (κ1) is 28.2. The van der Waals surface area contributed by atoms with E-state index < -0.39 is 0 Å². The molecule has 0 atom stereocenters. The molecule has 1 heterocycles. The molecule has 0 unspecified atom stereocenters. The van der Waals surface area contributed by atoms with Gasteiger partial charge in [-0.15, -0.1) is 0 Å². The van der Waals surface area contributed by atoms with Gasteiger partial charge in [-0.05, 0) is 85.7 Å². The van der Waals surface area contributed by atoms with E-state index in [0.717, 1.165) is 61.5 Å². The van der Waals surface area contributed by atoms with Crippen LogP contribution in [0, 0.1) is 6.92 Å². The molecule has 4 aromatic rings. The zero-order chi connectivity index (χ0) is 27.6. The highest BCUT2D eigenvalue weighted by Crippen LogP contribution is 2.28. The number of unbranched alkanes of at least 4 members (excludes halogenated alkanes) is 2. The Morgan fingerprint density at radius 1 is 0.974 bits per heavy atom. The van der Waals surface area contributed by atoms with Crippen LogP contribution in [0.4, 0.5) is 0 Å². The number of aryl methyl sites for hydroxylation is 3. The van der Waals surface area contributed by atoms with Gasteiger partial charge in [-0.2, -0.15) is 0 Å². The van der Waals surface area contributed by atoms with Gasteiger partial charge in [0.05, 0.1) is 24.8 Å². The molecule has 1 amide bonds. The second kappa shape index (κ2) is 13.8. The Hall–Kier alpha value is -3.80. The second-order valence-electron chi connectivity index (χ2n) is 10.4. The van der Waals surface area contributed by atoms with E-state index in [4.69, 9.17) is 14.5 Å². The lowest BCUT2D eigenvalue weighted by Crippen LogP contribution is -2.24. The molecule has 3 aromatic carbocycles. The second-order valence-corrected chi connectivity index (χ2v) is 10.4. The molecule has 0 aliphatic carbocycles. The van der Waals surface area contributed by atoms with Crippen molar-refractivity contribution < 1.29 is 14.3 Å². The number of imidazole rings is 1. The SMILES string of the molecule is COc1ccc(C(=O)NCCCCCc2nc3ccccc3n2CCCOc2cc(C)ccc2C(C)C)cc1. The van der Waals surface area contributed by atoms with Crippen molar-refractivity contribution in [1.82, 2.24) is 14.9 Å². The summed E-state index contributed by atoms with van der Waals surface area (Å²) in [5.74, 6) is 3.25. The Labute approximate surface area is 232 Å². The first-order valence-corrected chi connectivity index (χ1v) is 14.1. The molecule has 0 saturated carbocycles. The van der Waals surface area contributed by atoms with Crippen LogP contribution < -0.4 is 14.8 Å². The van der Waals surface area contributed by atoms with Gasteiger partial charge in [0, 0.05) is 25.1 Å². The van der Waals surface area contributed by atoms with Crippen molar-refractivity contribution in [3.05, 3.63) is 89.2 Å². The number of rotatable bonds is 14. The average Bonchev–Trinajstić information content (AvgIpc) is 3.30. The van der Waals surface area contributed by atoms with Crippen LogP contribution in [0.1, 0.15) is 72.8 Å². The van der Waals surface area contributed by atoms with Crippen LogP contribution >= 0.6 is 0 Å². The third kappa shape index (κ3) is 7.62. The largest absolute Gasteiger partial charge is 0.497 e. The van der Waals surface area contributed by atoms with Gasteiger partial charge in [0.15, 0.2) is 0 Å². The summed E-state index contributed by atoms with van der Waals surface area (Å²) in [6.07, 6.45) is 4.82. The molecule has 0 bridgehead atoms. The van der Waals surface area contributed by atoms with Crippen molar-refractivity contribution in [2.24, 2.45) is 0 Å². The Kier molecular flexibility index (Phi) is 10.0. The van der Waals surface area contributed by atoms with Gasteiger partial charge in [0.1, 0.15) is 17.3 Å². The molecule has 0 spiro atoms. The Morgan fingerprint density at radius 2 is 1.77 bits per heavy atom. The summed E-state index contributed by atoms with van der Waals surface area (Å²) in [5.41, 5.74) is 5.35. The third-order valence-electron chi connectivity index (χ3n) is 7.02. The molecule has 0 radical (unpaired) electrons. The molecule has 206 valence electrons. The zero-order valence-electron chi connectivity index (χ0n) is 23.7. The van der Waals surface area contributed by atoms with Gasteiger partial charge in [-0.3, -0.25) is 4.79 Å². The predicted octanol–water partition coefficient (Wildman–Crippen LogP) is 7.09. The van der Waals surface area contributed by atoms with E-state index in [0.29, 0.717) is 24.6 Å². The summed E-state index contributed by atoms with van der Waals surface area (Å²) in [5, 5.41) is 3.02. The molecule has 6 nitrogen and oxygen atoms in total. The van der Waals surface area contributed by atoms with Gasteiger partial charge in [-0.1, -0.05) is 44.5 Å². The molecule has 0 aliphatic heterocycles. The number of carbonyl (C=O) groups excluding carboxylic acids is 1. The van der Waals surface area contributed by atoms with Gasteiger partial charge in [0.25, 0.3) is 5.91 Å². The van der Waals surface area contributed by atoms with E-state index in [1.54, 1.807) is 31.4 Å². The summed E-state index contributed by atoms with van der Waals surface area (Å²) in [4.78, 5) is 17.3. The van der Waals surface area contributed by atoms with Gasteiger partial charge in [-0.25, -0.2) is 4.98 Å². The minimum atomic E-state index is -0.0483. The lowest BCUT2D eigenvalue weighted by molar-refractivity contribution is 0.0953. The normalized spacial score (nSPS) is 11.2. The maximum absolute atomic E-state index is 12.4. The summed E-state index contributed by atoms with van der Waals surface area (Å²) in [6.45, 7) is 8.72. The minimum Gasteiger partial charge on any atom is -0.497 e. The van der Waals surface area contributed by atoms with Crippen LogP contribution in [0.3, 0.4) is 0 Å². The van der Waals surface area contributed by atoms with Crippen LogP contribution in [-0.4, -0.2) is 35.7 Å². The number of nitrogens with zero attached hydrogens (tertiary/aromatic N) is 2. The first-order chi connectivity index (χ1) is 19.0. The lowest BCUT2D eigenvalue weighted by Gasteiger charge is -2.15. The molecule has 1 N–H and O–H groups in total. The molecule has 4 rings (SSSR count). The van der Waals surface area contributed by atoms with Gasteiger partial charge >= 0.3 is 0 Å². The number of ether oxygens (including phenoxy) is 2. The van der Waals surface area contributed by atoms with Gasteiger partial charge in [0.2, 0.25) is 0 Å². The van der Waals surface area contributed by atoms with E-state index in [1.807, 2.05) is 6.07 Å². The number of amides is 1. The fraction of sp³-hybridized carbons (Fsp3) is 0.394. The minimum absolute atomic E-state index is 0.0483. The Morgan fingerprint density at radius 3 is 2.54 bits per heavy atom. The quantitative estimate of drug-likeness (QED) is 0.178. The first-order valence-electron chi connectivity index (χ1n) is 14.1. The van der Waals surface area contributed by atoms with Crippen LogP contribution in [0.5, 0.6) is 11.5 Å². The number of aromatic nitrogens is 2. The van der Waals surface area contributed by atoms with Gasteiger partial charge < -0.3 is 19.4 Å². The molecule has 39 heavy (non-hydrogen) atoms. The molecule has 6 heteroatoms. The van der Waals surface area contributed by atoms with Crippen molar-refractivity contribution in [2.75, 3.05) is 20.3 Å². The molecule has 0 aliphatic rings. The number of hydrogen-bond acceptors (Lipinski definition) is 4. The highest BCUT2D eigenvalue weighted by Gasteiger charge is 2.12. The van der Waals surface area contributed by atoms with Crippen molar-refractivity contribution in [2.45, 2.75) is 65.3 Å². The average molecular weight is 528 g/mol. The number of fused-ring (bicyclic) bond motifs is 1. The molecule has 1 aromatic heterocycles. The fourth-order valence-electron chi connectivity index (χ4n) is 4.85. The molecular formula is C33H41N3O3. The zero-order valence-corrected chi connectivity index (χ0v) is 23.7. The smallest absolute Gasteiger partial charge is 0.251 e. The summed E-state index contributed by atoms with van der Waals surface area (Å²) < 4.78 is 13.7. The number of carbonyl (C=O) groups is 1. The number of para-hydroxylation sites is 2. The summed E-state index contributed by atoms with van der Waals surface area (Å²) in [6, 6.07) is 22.0. The Balaban J connectivity index is 1.26. The van der Waals surface area contributed by atoms with Crippen LogP contribution in [0.25, 0.3) is 11.0 Å². The lowest BCUT2D eigenvalue weighted by atomic mass is 10.0. The van der Waals surface area contributed by atoms with E-state index >= 15 is 0 Å². The number of benzene rings is 3. The standard InChI is InChI=1S/C33H41N3O3/c1-24(2)28-19-14-25(3)23-31(28)39-22-10-21-36-30-12-8-7-11-29(30)35-32(36)13-6-5-9-20-34-33(37)26-15-17-27(38-4)18-16-26/h7-8,11-12,14-19,23-24H,5-6,9-10,13,20-22H2,1-4H3,(H,34,37). The van der Waals surface area contributed by atoms with E-state index in [2.05, 4.69) is 67.1 Å². The maximum atomic E-state index is 12.4. The molecular weight excluding hydrogens is 486 g/mol. The number of methoxy groups -OCH3 is 1. The fourth-order valence-corrected chi connectivity index (χ4v) is 4.85. The van der Waals surface area contributed by atoms with Crippen LogP contribution in [0.2, 0.25) is 0 Å². The third-order valence-corrected chi connectivity index (χ3v) is 7.02. The number of hydrogen-bond donors (Lipinski definition) is 1. The summed E-state index contributed by atoms with van der Waals surface area (Å²) in [7, 11) is 1.62. The monoisotopic (exact) mass is 527 g/mol. The van der Waals surface area contributed by atoms with Crippen molar-refractivity contribution in [3.63, 3.8) is 0 Å². The molecule has 0 fully saturated rings. The highest BCUT2D eigenvalue weighted by atomic mass is 16.5.